The second-order valence-corrected chi connectivity index (χ2v) is 5.45. The van der Waals surface area contributed by atoms with Crippen molar-refractivity contribution in [2.24, 2.45) is 11.8 Å². The van der Waals surface area contributed by atoms with Gasteiger partial charge in [-0.3, -0.25) is 4.79 Å². The molecule has 0 aliphatic carbocycles. The van der Waals surface area contributed by atoms with E-state index >= 15 is 0 Å². The number of urea groups is 1. The predicted octanol–water partition coefficient (Wildman–Crippen LogP) is 2.47. The van der Waals surface area contributed by atoms with Gasteiger partial charge in [-0.15, -0.1) is 0 Å². The fraction of sp³-hybridized carbons (Fsp3) is 0.846. The van der Waals surface area contributed by atoms with Crippen molar-refractivity contribution in [2.45, 2.75) is 45.3 Å². The number of aliphatic carboxylic acids is 1. The molecule has 0 aromatic rings. The van der Waals surface area contributed by atoms with Crippen LogP contribution in [0.15, 0.2) is 0 Å². The molecule has 5 nitrogen and oxygen atoms in total. The molecule has 1 aliphatic heterocycles. The summed E-state index contributed by atoms with van der Waals surface area (Å²) in [5, 5.41) is 10.9. The van der Waals surface area contributed by atoms with Crippen LogP contribution in [0, 0.1) is 11.8 Å². The van der Waals surface area contributed by atoms with Crippen LogP contribution in [0.2, 0.25) is 0 Å². The van der Waals surface area contributed by atoms with Crippen molar-refractivity contribution in [3.05, 3.63) is 0 Å². The summed E-state index contributed by atoms with van der Waals surface area (Å²) in [6, 6.07) is -2.66. The first-order chi connectivity index (χ1) is 9.66. The predicted molar refractivity (Wildman–Crippen MR) is 69.8 cm³/mol. The Balaban J connectivity index is 2.61. The average Bonchev–Trinajstić information content (AvgIpc) is 2.42. The molecular weight excluding hydrogens is 289 g/mol. The zero-order valence-corrected chi connectivity index (χ0v) is 12.1. The van der Waals surface area contributed by atoms with Gasteiger partial charge in [0.2, 0.25) is 0 Å². The molecule has 0 aromatic carbocycles. The van der Waals surface area contributed by atoms with E-state index in [4.69, 9.17) is 5.11 Å². The van der Waals surface area contributed by atoms with Gasteiger partial charge < -0.3 is 15.3 Å². The second kappa shape index (κ2) is 7.00. The lowest BCUT2D eigenvalue weighted by Gasteiger charge is -2.33. The van der Waals surface area contributed by atoms with Crippen LogP contribution in [0.5, 0.6) is 0 Å². The van der Waals surface area contributed by atoms with Gasteiger partial charge in [0.15, 0.2) is 0 Å². The number of hydrogen-bond donors (Lipinski definition) is 2. The van der Waals surface area contributed by atoms with Crippen LogP contribution in [0.25, 0.3) is 0 Å². The average molecular weight is 310 g/mol. The third-order valence-electron chi connectivity index (χ3n) is 3.98. The van der Waals surface area contributed by atoms with Crippen molar-refractivity contribution in [1.29, 1.82) is 0 Å². The van der Waals surface area contributed by atoms with Gasteiger partial charge in [-0.1, -0.05) is 20.3 Å². The highest BCUT2D eigenvalue weighted by atomic mass is 19.4. The summed E-state index contributed by atoms with van der Waals surface area (Å²) in [6.45, 7) is 3.39. The van der Waals surface area contributed by atoms with E-state index in [9.17, 15) is 22.8 Å². The Hall–Kier alpha value is -1.47. The highest BCUT2D eigenvalue weighted by molar-refractivity contribution is 5.75. The Morgan fingerprint density at radius 3 is 2.24 bits per heavy atom. The number of carbonyl (C=O) groups is 2. The number of nitrogens with zero attached hydrogens (tertiary/aromatic N) is 1. The number of likely N-dealkylation sites (tertiary alicyclic amines) is 1. The zero-order valence-electron chi connectivity index (χ0n) is 12.1. The molecule has 8 heteroatoms. The molecule has 1 rings (SSSR count). The largest absolute Gasteiger partial charge is 0.481 e. The number of piperidine rings is 1. The number of alkyl halides is 3. The minimum absolute atomic E-state index is 0.161. The van der Waals surface area contributed by atoms with E-state index in [0.29, 0.717) is 6.42 Å². The van der Waals surface area contributed by atoms with Crippen molar-refractivity contribution in [3.8, 4) is 0 Å². The van der Waals surface area contributed by atoms with Gasteiger partial charge in [0.25, 0.3) is 0 Å². The van der Waals surface area contributed by atoms with E-state index in [0.717, 1.165) is 0 Å². The summed E-state index contributed by atoms with van der Waals surface area (Å²) in [7, 11) is 0. The molecule has 2 unspecified atom stereocenters. The Morgan fingerprint density at radius 1 is 1.33 bits per heavy atom. The molecule has 2 N–H and O–H groups in total. The molecule has 0 spiro atoms. The fourth-order valence-corrected chi connectivity index (χ4v) is 2.34. The van der Waals surface area contributed by atoms with E-state index < -0.39 is 36.1 Å². The lowest BCUT2D eigenvalue weighted by Crippen LogP contribution is -2.54. The molecule has 1 fully saturated rings. The van der Waals surface area contributed by atoms with Crippen LogP contribution >= 0.6 is 0 Å². The molecular formula is C13H21F3N2O3. The van der Waals surface area contributed by atoms with Crippen molar-refractivity contribution in [2.75, 3.05) is 13.1 Å². The van der Waals surface area contributed by atoms with Gasteiger partial charge in [-0.05, 0) is 18.8 Å². The van der Waals surface area contributed by atoms with Crippen molar-refractivity contribution < 1.29 is 27.9 Å². The van der Waals surface area contributed by atoms with Gasteiger partial charge in [-0.25, -0.2) is 4.79 Å². The highest BCUT2D eigenvalue weighted by Crippen LogP contribution is 2.27. The number of rotatable bonds is 4. The normalized spacial score (nSPS) is 20.0. The maximum atomic E-state index is 12.9. The molecule has 2 atom stereocenters. The lowest BCUT2D eigenvalue weighted by atomic mass is 9.97. The van der Waals surface area contributed by atoms with E-state index in [1.807, 2.05) is 5.32 Å². The number of halogens is 3. The third-order valence-corrected chi connectivity index (χ3v) is 3.98. The number of carboxylic acid groups (broad SMARTS) is 1. The van der Waals surface area contributed by atoms with Crippen LogP contribution in [-0.4, -0.2) is 47.3 Å². The monoisotopic (exact) mass is 310 g/mol. The summed E-state index contributed by atoms with van der Waals surface area (Å²) in [5.41, 5.74) is 0. The summed E-state index contributed by atoms with van der Waals surface area (Å²) in [4.78, 5) is 24.0. The zero-order chi connectivity index (χ0) is 16.2. The molecule has 21 heavy (non-hydrogen) atoms. The second-order valence-electron chi connectivity index (χ2n) is 5.45. The summed E-state index contributed by atoms with van der Waals surface area (Å²) < 4.78 is 38.8. The van der Waals surface area contributed by atoms with E-state index in [-0.39, 0.29) is 25.9 Å². The maximum absolute atomic E-state index is 12.9. The Labute approximate surface area is 121 Å². The molecule has 2 amide bonds. The number of carbonyl (C=O) groups excluding carboxylic acids is 1. The summed E-state index contributed by atoms with van der Waals surface area (Å²) in [6.07, 6.45) is -3.67. The van der Waals surface area contributed by atoms with Crippen molar-refractivity contribution in [1.82, 2.24) is 10.2 Å². The molecule has 0 saturated carbocycles. The van der Waals surface area contributed by atoms with Gasteiger partial charge in [-0.2, -0.15) is 13.2 Å². The fourth-order valence-electron chi connectivity index (χ4n) is 2.34. The molecule has 1 aliphatic rings. The number of carboxylic acids is 1. The van der Waals surface area contributed by atoms with E-state index in [1.165, 1.54) is 11.8 Å². The van der Waals surface area contributed by atoms with Gasteiger partial charge in [0.05, 0.1) is 5.92 Å². The summed E-state index contributed by atoms with van der Waals surface area (Å²) in [5.74, 6) is -2.17. The Bertz CT molecular complexity index is 379. The first kappa shape index (κ1) is 17.6. The van der Waals surface area contributed by atoms with Crippen LogP contribution in [-0.2, 0) is 4.79 Å². The Morgan fingerprint density at radius 2 is 1.86 bits per heavy atom. The number of amides is 2. The van der Waals surface area contributed by atoms with E-state index in [2.05, 4.69) is 0 Å². The summed E-state index contributed by atoms with van der Waals surface area (Å²) >= 11 is 0. The van der Waals surface area contributed by atoms with Gasteiger partial charge in [0.1, 0.15) is 6.04 Å². The van der Waals surface area contributed by atoms with Gasteiger partial charge in [0, 0.05) is 13.1 Å². The van der Waals surface area contributed by atoms with Crippen LogP contribution in [0.4, 0.5) is 18.0 Å². The minimum atomic E-state index is -4.50. The number of hydrogen-bond acceptors (Lipinski definition) is 2. The molecule has 1 heterocycles. The standard InChI is InChI=1S/C13H21F3N2O3/c1-3-8(2)10(13(14,15)16)17-12(21)18-6-4-9(5-7-18)11(19)20/h8-10H,3-7H2,1-2H3,(H,17,21)(H,19,20). The van der Waals surface area contributed by atoms with Crippen LogP contribution in [0.1, 0.15) is 33.1 Å². The first-order valence-corrected chi connectivity index (χ1v) is 7.01. The minimum Gasteiger partial charge on any atom is -0.481 e. The first-order valence-electron chi connectivity index (χ1n) is 7.01. The smallest absolute Gasteiger partial charge is 0.408 e. The molecule has 0 aromatic heterocycles. The van der Waals surface area contributed by atoms with Crippen molar-refractivity contribution in [3.63, 3.8) is 0 Å². The maximum Gasteiger partial charge on any atom is 0.408 e. The third kappa shape index (κ3) is 4.78. The molecule has 0 bridgehead atoms. The van der Waals surface area contributed by atoms with Crippen LogP contribution < -0.4 is 5.32 Å². The quantitative estimate of drug-likeness (QED) is 0.838. The SMILES string of the molecule is CCC(C)C(NC(=O)N1CCC(C(=O)O)CC1)C(F)(F)F. The Kier molecular flexibility index (Phi) is 5.86. The molecule has 1 saturated heterocycles. The molecule has 122 valence electrons. The van der Waals surface area contributed by atoms with Gasteiger partial charge >= 0.3 is 18.2 Å². The van der Waals surface area contributed by atoms with E-state index in [1.54, 1.807) is 6.92 Å². The topological polar surface area (TPSA) is 69.6 Å². The van der Waals surface area contributed by atoms with Crippen LogP contribution in [0.3, 0.4) is 0 Å². The highest BCUT2D eigenvalue weighted by Gasteiger charge is 2.44. The number of nitrogens with one attached hydrogen (secondary N) is 1. The molecule has 0 radical (unpaired) electrons. The van der Waals surface area contributed by atoms with Crippen molar-refractivity contribution >= 4 is 12.0 Å². The lowest BCUT2D eigenvalue weighted by molar-refractivity contribution is -0.164.